The van der Waals surface area contributed by atoms with Crippen molar-refractivity contribution in [3.05, 3.63) is 51.9 Å². The average molecular weight is 399 g/mol. The van der Waals surface area contributed by atoms with Gasteiger partial charge in [-0.3, -0.25) is 14.2 Å². The molecule has 8 heteroatoms. The fourth-order valence-corrected chi connectivity index (χ4v) is 3.99. The van der Waals surface area contributed by atoms with Crippen molar-refractivity contribution in [2.75, 3.05) is 13.2 Å². The molecule has 0 radical (unpaired) electrons. The monoisotopic (exact) mass is 399 g/mol. The summed E-state index contributed by atoms with van der Waals surface area (Å²) in [5.74, 6) is 1.31. The number of rotatable bonds is 5. The van der Waals surface area contributed by atoms with E-state index in [-0.39, 0.29) is 30.0 Å². The van der Waals surface area contributed by atoms with Crippen LogP contribution in [0, 0.1) is 5.92 Å². The van der Waals surface area contributed by atoms with Gasteiger partial charge in [-0.1, -0.05) is 19.9 Å². The topological polar surface area (TPSA) is 82.5 Å². The Kier molecular flexibility index (Phi) is 5.04. The molecule has 0 spiro atoms. The number of thiophene rings is 1. The molecular formula is C20H21N3O4S. The predicted octanol–water partition coefficient (Wildman–Crippen LogP) is 2.74. The summed E-state index contributed by atoms with van der Waals surface area (Å²) in [5.41, 5.74) is 0.730. The van der Waals surface area contributed by atoms with Crippen LogP contribution < -0.4 is 20.3 Å². The Morgan fingerprint density at radius 2 is 2.04 bits per heavy atom. The van der Waals surface area contributed by atoms with Gasteiger partial charge >= 0.3 is 0 Å². The molecule has 2 aromatic heterocycles. The molecule has 0 fully saturated rings. The van der Waals surface area contributed by atoms with Crippen molar-refractivity contribution in [3.8, 4) is 11.5 Å². The van der Waals surface area contributed by atoms with Crippen LogP contribution in [0.25, 0.3) is 10.2 Å². The summed E-state index contributed by atoms with van der Waals surface area (Å²) in [5, 5.41) is 5.39. The first-order valence-corrected chi connectivity index (χ1v) is 10.0. The van der Waals surface area contributed by atoms with E-state index < -0.39 is 0 Å². The molecule has 1 amide bonds. The summed E-state index contributed by atoms with van der Waals surface area (Å²) >= 11 is 1.41. The van der Waals surface area contributed by atoms with Gasteiger partial charge < -0.3 is 14.8 Å². The van der Waals surface area contributed by atoms with Crippen molar-refractivity contribution in [2.24, 2.45) is 5.92 Å². The Hall–Kier alpha value is -2.87. The lowest BCUT2D eigenvalue weighted by atomic mass is 9.95. The van der Waals surface area contributed by atoms with Gasteiger partial charge in [-0.15, -0.1) is 11.3 Å². The van der Waals surface area contributed by atoms with E-state index in [1.165, 1.54) is 22.2 Å². The number of carbonyl (C=O) groups is 1. The Labute approximate surface area is 165 Å². The number of fused-ring (bicyclic) bond motifs is 2. The molecule has 3 heterocycles. The van der Waals surface area contributed by atoms with Gasteiger partial charge in [0.2, 0.25) is 5.91 Å². The molecule has 0 bridgehead atoms. The van der Waals surface area contributed by atoms with Gasteiger partial charge in [0, 0.05) is 0 Å². The highest BCUT2D eigenvalue weighted by Crippen LogP contribution is 2.34. The molecule has 1 atom stereocenters. The van der Waals surface area contributed by atoms with E-state index in [1.54, 1.807) is 6.07 Å². The van der Waals surface area contributed by atoms with E-state index in [1.807, 2.05) is 37.4 Å². The Balaban J connectivity index is 1.53. The van der Waals surface area contributed by atoms with E-state index in [9.17, 15) is 9.59 Å². The first kappa shape index (κ1) is 18.5. The minimum absolute atomic E-state index is 0.0780. The smallest absolute Gasteiger partial charge is 0.262 e. The molecule has 0 saturated carbocycles. The van der Waals surface area contributed by atoms with E-state index in [0.717, 1.165) is 5.56 Å². The fraction of sp³-hybridized carbons (Fsp3) is 0.350. The van der Waals surface area contributed by atoms with Crippen LogP contribution in [0.4, 0.5) is 0 Å². The molecule has 28 heavy (non-hydrogen) atoms. The van der Waals surface area contributed by atoms with Gasteiger partial charge in [-0.25, -0.2) is 4.98 Å². The lowest BCUT2D eigenvalue weighted by Gasteiger charge is -2.25. The molecule has 3 aromatic rings. The molecule has 146 valence electrons. The number of benzene rings is 1. The summed E-state index contributed by atoms with van der Waals surface area (Å²) in [7, 11) is 0. The summed E-state index contributed by atoms with van der Waals surface area (Å²) in [4.78, 5) is 30.1. The number of hydrogen-bond acceptors (Lipinski definition) is 6. The van der Waals surface area contributed by atoms with Crippen molar-refractivity contribution in [3.63, 3.8) is 0 Å². The average Bonchev–Trinajstić information content (AvgIpc) is 3.17. The second kappa shape index (κ2) is 7.63. The van der Waals surface area contributed by atoms with E-state index in [4.69, 9.17) is 9.47 Å². The molecule has 0 unspecified atom stereocenters. The summed E-state index contributed by atoms with van der Waals surface area (Å²) < 4.78 is 12.6. The van der Waals surface area contributed by atoms with E-state index in [2.05, 4.69) is 10.3 Å². The minimum Gasteiger partial charge on any atom is -0.486 e. The molecule has 1 N–H and O–H groups in total. The summed E-state index contributed by atoms with van der Waals surface area (Å²) in [6.07, 6.45) is 1.43. The van der Waals surface area contributed by atoms with Crippen molar-refractivity contribution in [1.29, 1.82) is 0 Å². The van der Waals surface area contributed by atoms with Crippen LogP contribution in [0.5, 0.6) is 11.5 Å². The lowest BCUT2D eigenvalue weighted by molar-refractivity contribution is -0.122. The largest absolute Gasteiger partial charge is 0.486 e. The third-order valence-corrected chi connectivity index (χ3v) is 5.49. The zero-order valence-corrected chi connectivity index (χ0v) is 16.5. The molecule has 1 aromatic carbocycles. The van der Waals surface area contributed by atoms with Crippen LogP contribution in [-0.2, 0) is 11.3 Å². The highest BCUT2D eigenvalue weighted by molar-refractivity contribution is 7.16. The molecule has 4 rings (SSSR count). The van der Waals surface area contributed by atoms with E-state index in [0.29, 0.717) is 34.9 Å². The van der Waals surface area contributed by atoms with Crippen LogP contribution in [0.2, 0.25) is 0 Å². The molecule has 7 nitrogen and oxygen atoms in total. The molecule has 0 aliphatic carbocycles. The Bertz CT molecular complexity index is 1070. The summed E-state index contributed by atoms with van der Waals surface area (Å²) in [6, 6.07) is 7.23. The normalized spacial score (nSPS) is 14.2. The van der Waals surface area contributed by atoms with Crippen LogP contribution in [-0.4, -0.2) is 28.7 Å². The second-order valence-corrected chi connectivity index (χ2v) is 7.90. The third kappa shape index (κ3) is 3.60. The number of ether oxygens (including phenoxy) is 2. The number of nitrogens with zero attached hydrogens (tertiary/aromatic N) is 2. The second-order valence-electron chi connectivity index (χ2n) is 7.01. The molecule has 0 saturated heterocycles. The van der Waals surface area contributed by atoms with Crippen molar-refractivity contribution in [1.82, 2.24) is 14.9 Å². The molecule has 1 aliphatic heterocycles. The van der Waals surface area contributed by atoms with Crippen molar-refractivity contribution < 1.29 is 14.3 Å². The number of nitrogens with one attached hydrogen (secondary N) is 1. The minimum atomic E-state index is -0.243. The SMILES string of the molecule is CC(C)[C@@H](NC(=O)Cn1cnc2sccc2c1=O)c1ccc2c(c1)OCCO2. The van der Waals surface area contributed by atoms with Gasteiger partial charge in [0.25, 0.3) is 5.56 Å². The maximum absolute atomic E-state index is 12.7. The van der Waals surface area contributed by atoms with Crippen LogP contribution in [0.1, 0.15) is 25.5 Å². The summed E-state index contributed by atoms with van der Waals surface area (Å²) in [6.45, 7) is 5.04. The standard InChI is InChI=1S/C20H21N3O4S/c1-12(2)18(13-3-4-15-16(9-13)27-7-6-26-15)22-17(24)10-23-11-21-19-14(20(23)25)5-8-28-19/h3-5,8-9,11-12,18H,6-7,10H2,1-2H3,(H,22,24)/t18-/m1/s1. The highest BCUT2D eigenvalue weighted by atomic mass is 32.1. The van der Waals surface area contributed by atoms with Crippen molar-refractivity contribution in [2.45, 2.75) is 26.4 Å². The Morgan fingerprint density at radius 3 is 2.82 bits per heavy atom. The first-order chi connectivity index (χ1) is 13.5. The van der Waals surface area contributed by atoms with Gasteiger partial charge in [-0.2, -0.15) is 0 Å². The maximum atomic E-state index is 12.7. The van der Waals surface area contributed by atoms with Crippen LogP contribution >= 0.6 is 11.3 Å². The van der Waals surface area contributed by atoms with Gasteiger partial charge in [0.15, 0.2) is 11.5 Å². The fourth-order valence-electron chi connectivity index (χ4n) is 3.27. The quantitative estimate of drug-likeness (QED) is 0.713. The molecule has 1 aliphatic rings. The third-order valence-electron chi connectivity index (χ3n) is 4.67. The molecular weight excluding hydrogens is 378 g/mol. The number of amides is 1. The highest BCUT2D eigenvalue weighted by Gasteiger charge is 2.22. The van der Waals surface area contributed by atoms with Gasteiger partial charge in [-0.05, 0) is 35.1 Å². The number of carbonyl (C=O) groups excluding carboxylic acids is 1. The number of hydrogen-bond donors (Lipinski definition) is 1. The first-order valence-electron chi connectivity index (χ1n) is 9.14. The van der Waals surface area contributed by atoms with Crippen LogP contribution in [0.3, 0.4) is 0 Å². The maximum Gasteiger partial charge on any atom is 0.262 e. The van der Waals surface area contributed by atoms with Gasteiger partial charge in [0.1, 0.15) is 24.6 Å². The van der Waals surface area contributed by atoms with E-state index >= 15 is 0 Å². The van der Waals surface area contributed by atoms with Gasteiger partial charge in [0.05, 0.1) is 17.8 Å². The van der Waals surface area contributed by atoms with Crippen molar-refractivity contribution >= 4 is 27.5 Å². The van der Waals surface area contributed by atoms with Crippen LogP contribution in [0.15, 0.2) is 40.8 Å². The predicted molar refractivity (Wildman–Crippen MR) is 107 cm³/mol. The zero-order chi connectivity index (χ0) is 19.7. The number of aromatic nitrogens is 2. The zero-order valence-electron chi connectivity index (χ0n) is 15.7. The lowest BCUT2D eigenvalue weighted by Crippen LogP contribution is -2.36. The Morgan fingerprint density at radius 1 is 1.25 bits per heavy atom.